The van der Waals surface area contributed by atoms with Crippen molar-refractivity contribution in [2.45, 2.75) is 32.1 Å². The van der Waals surface area contributed by atoms with Crippen LogP contribution in [-0.2, 0) is 6.54 Å². The number of aromatic nitrogens is 3. The molecule has 0 aliphatic heterocycles. The maximum absolute atomic E-state index is 4.61. The van der Waals surface area contributed by atoms with Gasteiger partial charge in [0.1, 0.15) is 6.54 Å². The first kappa shape index (κ1) is 20.0. The average Bonchev–Trinajstić information content (AvgIpc) is 2.93. The van der Waals surface area contributed by atoms with Gasteiger partial charge in [0, 0.05) is 24.0 Å². The fourth-order valence-corrected chi connectivity index (χ4v) is 2.08. The van der Waals surface area contributed by atoms with Crippen LogP contribution in [0.4, 0.5) is 0 Å². The minimum absolute atomic E-state index is 0. The van der Waals surface area contributed by atoms with Crippen molar-refractivity contribution in [1.29, 1.82) is 0 Å². The average molecular weight is 448 g/mol. The van der Waals surface area contributed by atoms with Gasteiger partial charge in [0.25, 0.3) is 0 Å². The normalized spacial score (nSPS) is 12.1. The van der Waals surface area contributed by atoms with Crippen molar-refractivity contribution in [3.63, 3.8) is 0 Å². The topological polar surface area (TPSA) is 66.6 Å². The number of aliphatic imine (C=N–C) groups is 1. The Morgan fingerprint density at radius 1 is 1.30 bits per heavy atom. The highest BCUT2D eigenvalue weighted by atomic mass is 127. The molecule has 0 unspecified atom stereocenters. The highest BCUT2D eigenvalue weighted by Crippen LogP contribution is 2.19. The molecule has 0 aliphatic rings. The lowest BCUT2D eigenvalue weighted by atomic mass is 10.2. The smallest absolute Gasteiger partial charge is 0.191 e. The van der Waals surface area contributed by atoms with Gasteiger partial charge in [-0.25, -0.2) is 4.99 Å². The number of thioether (sulfide) groups is 1. The highest BCUT2D eigenvalue weighted by molar-refractivity contribution is 14.0. The molecule has 0 saturated heterocycles. The first-order chi connectivity index (χ1) is 10.6. The molecule has 0 spiro atoms. The Morgan fingerprint density at radius 2 is 2.09 bits per heavy atom. The molecule has 0 bridgehead atoms. The summed E-state index contributed by atoms with van der Waals surface area (Å²) in [6.07, 6.45) is 4.07. The quantitative estimate of drug-likeness (QED) is 0.404. The summed E-state index contributed by atoms with van der Waals surface area (Å²) in [5.41, 5.74) is 0.842. The minimum atomic E-state index is 0. The first-order valence-electron chi connectivity index (χ1n) is 7.41. The van der Waals surface area contributed by atoms with Crippen LogP contribution in [0.15, 0.2) is 29.4 Å². The lowest BCUT2D eigenvalue weighted by Crippen LogP contribution is -2.43. The van der Waals surface area contributed by atoms with Crippen molar-refractivity contribution in [2.24, 2.45) is 4.99 Å². The molecule has 2 rings (SSSR count). The molecule has 0 amide bonds. The van der Waals surface area contributed by atoms with E-state index in [1.54, 1.807) is 0 Å². The second-order valence-electron chi connectivity index (χ2n) is 5.56. The number of nitrogens with one attached hydrogen (secondary N) is 2. The van der Waals surface area contributed by atoms with Gasteiger partial charge in [-0.15, -0.1) is 34.2 Å². The largest absolute Gasteiger partial charge is 0.357 e. The van der Waals surface area contributed by atoms with E-state index in [0.29, 0.717) is 6.54 Å². The number of hydrogen-bond acceptors (Lipinski definition) is 4. The maximum atomic E-state index is 4.61. The third kappa shape index (κ3) is 5.83. The molecule has 0 radical (unpaired) electrons. The summed E-state index contributed by atoms with van der Waals surface area (Å²) in [5, 5.41) is 15.0. The second kappa shape index (κ2) is 9.31. The zero-order valence-corrected chi connectivity index (χ0v) is 17.2. The summed E-state index contributed by atoms with van der Waals surface area (Å²) in [6, 6.07) is 5.85. The molecule has 0 saturated carbocycles. The number of fused-ring (bicyclic) bond motifs is 1. The Hall–Kier alpha value is -1.03. The number of hydrogen-bond donors (Lipinski definition) is 2. The lowest BCUT2D eigenvalue weighted by molar-refractivity contribution is 0.664. The Kier molecular flexibility index (Phi) is 8.10. The molecule has 6 nitrogen and oxygen atoms in total. The van der Waals surface area contributed by atoms with Crippen LogP contribution in [0.25, 0.3) is 5.65 Å². The molecule has 2 N–H and O–H groups in total. The Morgan fingerprint density at radius 3 is 2.78 bits per heavy atom. The fraction of sp³-hybridized carbons (Fsp3) is 0.533. The van der Waals surface area contributed by atoms with Crippen LogP contribution in [-0.4, -0.2) is 44.6 Å². The fourth-order valence-electron chi connectivity index (χ4n) is 1.86. The molecular formula is C15H25IN6S. The number of guanidine groups is 1. The maximum Gasteiger partial charge on any atom is 0.191 e. The summed E-state index contributed by atoms with van der Waals surface area (Å²) in [7, 11) is 0. The van der Waals surface area contributed by atoms with E-state index in [0.717, 1.165) is 30.5 Å². The number of rotatable bonds is 6. The van der Waals surface area contributed by atoms with E-state index in [-0.39, 0.29) is 28.7 Å². The zero-order valence-electron chi connectivity index (χ0n) is 14.0. The molecule has 2 heterocycles. The van der Waals surface area contributed by atoms with Crippen LogP contribution < -0.4 is 10.6 Å². The van der Waals surface area contributed by atoms with Gasteiger partial charge >= 0.3 is 0 Å². The Labute approximate surface area is 159 Å². The van der Waals surface area contributed by atoms with Crippen molar-refractivity contribution < 1.29 is 0 Å². The van der Waals surface area contributed by atoms with E-state index in [1.807, 2.05) is 40.6 Å². The van der Waals surface area contributed by atoms with Gasteiger partial charge in [-0.2, -0.15) is 11.8 Å². The number of pyridine rings is 1. The molecule has 128 valence electrons. The molecule has 0 atom stereocenters. The van der Waals surface area contributed by atoms with E-state index in [4.69, 9.17) is 0 Å². The van der Waals surface area contributed by atoms with E-state index in [2.05, 4.69) is 52.9 Å². The molecule has 23 heavy (non-hydrogen) atoms. The molecule has 8 heteroatoms. The van der Waals surface area contributed by atoms with Gasteiger partial charge in [-0.3, -0.25) is 4.40 Å². The molecule has 0 aliphatic carbocycles. The third-order valence-corrected chi connectivity index (χ3v) is 4.59. The van der Waals surface area contributed by atoms with Crippen LogP contribution in [0.1, 0.15) is 26.6 Å². The van der Waals surface area contributed by atoms with Crippen LogP contribution in [0.3, 0.4) is 0 Å². The van der Waals surface area contributed by atoms with Gasteiger partial charge in [-0.1, -0.05) is 6.07 Å². The van der Waals surface area contributed by atoms with Crippen LogP contribution in [0, 0.1) is 0 Å². The summed E-state index contributed by atoms with van der Waals surface area (Å²) in [6.45, 7) is 8.64. The van der Waals surface area contributed by atoms with Crippen molar-refractivity contribution in [3.05, 3.63) is 30.2 Å². The van der Waals surface area contributed by atoms with E-state index in [1.165, 1.54) is 0 Å². The van der Waals surface area contributed by atoms with E-state index in [9.17, 15) is 0 Å². The van der Waals surface area contributed by atoms with Crippen LogP contribution in [0.2, 0.25) is 0 Å². The van der Waals surface area contributed by atoms with Crippen molar-refractivity contribution in [3.8, 4) is 0 Å². The minimum Gasteiger partial charge on any atom is -0.357 e. The van der Waals surface area contributed by atoms with Gasteiger partial charge < -0.3 is 10.6 Å². The third-order valence-electron chi connectivity index (χ3n) is 3.34. The molecule has 0 fully saturated rings. The van der Waals surface area contributed by atoms with E-state index >= 15 is 0 Å². The summed E-state index contributed by atoms with van der Waals surface area (Å²) in [4.78, 5) is 4.61. The Balaban J connectivity index is 0.00000264. The number of halogens is 1. The SMILES string of the molecule is CCNC(=NCc1nnc2ccccn12)NCC(C)(C)SC.I. The van der Waals surface area contributed by atoms with Gasteiger partial charge in [0.2, 0.25) is 0 Å². The summed E-state index contributed by atoms with van der Waals surface area (Å²) in [5.74, 6) is 1.63. The second-order valence-corrected chi connectivity index (χ2v) is 7.07. The van der Waals surface area contributed by atoms with Gasteiger partial charge in [-0.05, 0) is 39.2 Å². The molecular weight excluding hydrogens is 423 g/mol. The highest BCUT2D eigenvalue weighted by Gasteiger charge is 2.16. The molecule has 2 aromatic rings. The zero-order chi connectivity index (χ0) is 16.0. The summed E-state index contributed by atoms with van der Waals surface area (Å²) < 4.78 is 2.12. The number of nitrogens with zero attached hydrogens (tertiary/aromatic N) is 4. The van der Waals surface area contributed by atoms with Gasteiger partial charge in [0.15, 0.2) is 17.4 Å². The monoisotopic (exact) mass is 448 g/mol. The predicted octanol–water partition coefficient (Wildman–Crippen LogP) is 2.54. The van der Waals surface area contributed by atoms with Crippen LogP contribution >= 0.6 is 35.7 Å². The van der Waals surface area contributed by atoms with Crippen LogP contribution in [0.5, 0.6) is 0 Å². The van der Waals surface area contributed by atoms with Crippen molar-refractivity contribution >= 4 is 47.3 Å². The standard InChI is InChI=1S/C15H24N6S.HI/c1-5-16-14(18-11-15(2,3)22-4)17-10-13-20-19-12-8-6-7-9-21(12)13;/h6-9H,5,10-11H2,1-4H3,(H2,16,17,18);1H. The summed E-state index contributed by atoms with van der Waals surface area (Å²) >= 11 is 1.83. The first-order valence-corrected chi connectivity index (χ1v) is 8.64. The predicted molar refractivity (Wildman–Crippen MR) is 109 cm³/mol. The van der Waals surface area contributed by atoms with E-state index < -0.39 is 0 Å². The lowest BCUT2D eigenvalue weighted by Gasteiger charge is -2.23. The Bertz CT molecular complexity index is 640. The van der Waals surface area contributed by atoms with Crippen molar-refractivity contribution in [2.75, 3.05) is 19.3 Å². The molecule has 2 aromatic heterocycles. The van der Waals surface area contributed by atoms with Crippen molar-refractivity contribution in [1.82, 2.24) is 25.2 Å². The van der Waals surface area contributed by atoms with Gasteiger partial charge in [0.05, 0.1) is 0 Å². The molecule has 0 aromatic carbocycles.